The molecule has 21 heavy (non-hydrogen) atoms. The highest BCUT2D eigenvalue weighted by Crippen LogP contribution is 2.14. The molecule has 2 aromatic rings. The third-order valence-electron chi connectivity index (χ3n) is 2.76. The molecule has 0 aliphatic rings. The van der Waals surface area contributed by atoms with Crippen molar-refractivity contribution in [1.29, 1.82) is 0 Å². The second-order valence-corrected chi connectivity index (χ2v) is 4.20. The molecule has 0 bridgehead atoms. The minimum Gasteiger partial charge on any atom is -0.480 e. The number of hydrogen-bond donors (Lipinski definition) is 3. The standard InChI is InChI=1S/C13H13N5O3/c1-2-3-10(13(20)21)14-12(19)9-6-4-8(5-7-9)11-15-17-18-16-11/h2,4-7,10H,1,3H2,(H,14,19)(H,20,21)(H,15,16,17,18). The number of amides is 1. The number of aromatic amines is 1. The van der Waals surface area contributed by atoms with Crippen LogP contribution in [0.4, 0.5) is 0 Å². The molecule has 3 N–H and O–H groups in total. The molecule has 0 saturated carbocycles. The number of nitrogens with one attached hydrogen (secondary N) is 2. The molecule has 0 aliphatic carbocycles. The average Bonchev–Trinajstić information content (AvgIpc) is 3.01. The van der Waals surface area contributed by atoms with Crippen molar-refractivity contribution in [2.24, 2.45) is 0 Å². The van der Waals surface area contributed by atoms with Gasteiger partial charge in [-0.3, -0.25) is 4.79 Å². The van der Waals surface area contributed by atoms with Crippen molar-refractivity contribution in [3.05, 3.63) is 42.5 Å². The molecule has 0 saturated heterocycles. The molecule has 8 nitrogen and oxygen atoms in total. The van der Waals surface area contributed by atoms with Crippen molar-refractivity contribution >= 4 is 11.9 Å². The van der Waals surface area contributed by atoms with E-state index < -0.39 is 17.9 Å². The summed E-state index contributed by atoms with van der Waals surface area (Å²) in [5, 5.41) is 24.8. The van der Waals surface area contributed by atoms with Crippen LogP contribution < -0.4 is 5.32 Å². The van der Waals surface area contributed by atoms with E-state index >= 15 is 0 Å². The first-order valence-corrected chi connectivity index (χ1v) is 6.10. The van der Waals surface area contributed by atoms with Gasteiger partial charge in [0.05, 0.1) is 0 Å². The predicted molar refractivity (Wildman–Crippen MR) is 73.3 cm³/mol. The van der Waals surface area contributed by atoms with Gasteiger partial charge in [-0.15, -0.1) is 16.8 Å². The van der Waals surface area contributed by atoms with E-state index in [-0.39, 0.29) is 6.42 Å². The van der Waals surface area contributed by atoms with Gasteiger partial charge in [0.2, 0.25) is 5.82 Å². The summed E-state index contributed by atoms with van der Waals surface area (Å²) in [7, 11) is 0. The lowest BCUT2D eigenvalue weighted by Gasteiger charge is -2.12. The Hall–Kier alpha value is -3.03. The lowest BCUT2D eigenvalue weighted by molar-refractivity contribution is -0.139. The van der Waals surface area contributed by atoms with Gasteiger partial charge in [-0.2, -0.15) is 5.21 Å². The molecule has 1 unspecified atom stereocenters. The molecule has 1 aromatic carbocycles. The van der Waals surface area contributed by atoms with Crippen LogP contribution in [0.2, 0.25) is 0 Å². The first-order valence-electron chi connectivity index (χ1n) is 6.10. The highest BCUT2D eigenvalue weighted by atomic mass is 16.4. The lowest BCUT2D eigenvalue weighted by Crippen LogP contribution is -2.40. The first-order chi connectivity index (χ1) is 10.1. The Bertz CT molecular complexity index is 636. The average molecular weight is 287 g/mol. The molecule has 0 fully saturated rings. The second kappa shape index (κ2) is 6.42. The van der Waals surface area contributed by atoms with E-state index in [1.165, 1.54) is 6.08 Å². The summed E-state index contributed by atoms with van der Waals surface area (Å²) in [5.74, 6) is -1.16. The van der Waals surface area contributed by atoms with Crippen LogP contribution in [0, 0.1) is 0 Å². The quantitative estimate of drug-likeness (QED) is 0.670. The molecule has 1 heterocycles. The van der Waals surface area contributed by atoms with Crippen molar-refractivity contribution in [2.75, 3.05) is 0 Å². The van der Waals surface area contributed by atoms with E-state index in [0.29, 0.717) is 17.0 Å². The third kappa shape index (κ3) is 3.50. The van der Waals surface area contributed by atoms with Gasteiger partial charge in [0, 0.05) is 11.1 Å². The number of carboxylic acids is 1. The highest BCUT2D eigenvalue weighted by molar-refractivity contribution is 5.96. The fraction of sp³-hybridized carbons (Fsp3) is 0.154. The Morgan fingerprint density at radius 2 is 2.10 bits per heavy atom. The Balaban J connectivity index is 2.09. The van der Waals surface area contributed by atoms with Crippen LogP contribution in [0.15, 0.2) is 36.9 Å². The number of carbonyl (C=O) groups is 2. The molecule has 0 radical (unpaired) electrons. The van der Waals surface area contributed by atoms with Crippen LogP contribution in [0.5, 0.6) is 0 Å². The monoisotopic (exact) mass is 287 g/mol. The fourth-order valence-electron chi connectivity index (χ4n) is 1.68. The van der Waals surface area contributed by atoms with E-state index in [1.807, 2.05) is 0 Å². The summed E-state index contributed by atoms with van der Waals surface area (Å²) in [6, 6.07) is 5.44. The van der Waals surface area contributed by atoms with Gasteiger partial charge in [0.15, 0.2) is 0 Å². The number of hydrogen-bond acceptors (Lipinski definition) is 5. The van der Waals surface area contributed by atoms with Gasteiger partial charge in [-0.05, 0) is 23.8 Å². The van der Waals surface area contributed by atoms with Crippen LogP contribution in [0.3, 0.4) is 0 Å². The zero-order valence-electron chi connectivity index (χ0n) is 11.0. The topological polar surface area (TPSA) is 121 Å². The van der Waals surface area contributed by atoms with Crippen molar-refractivity contribution < 1.29 is 14.7 Å². The van der Waals surface area contributed by atoms with E-state index in [9.17, 15) is 9.59 Å². The molecular formula is C13H13N5O3. The molecule has 2 rings (SSSR count). The SMILES string of the molecule is C=CCC(NC(=O)c1ccc(-c2nn[nH]n2)cc1)C(=O)O. The number of nitrogens with zero attached hydrogens (tertiary/aromatic N) is 3. The Kier molecular flexibility index (Phi) is 4.39. The minimum absolute atomic E-state index is 0.155. The van der Waals surface area contributed by atoms with Crippen LogP contribution >= 0.6 is 0 Å². The fourth-order valence-corrected chi connectivity index (χ4v) is 1.68. The van der Waals surface area contributed by atoms with Gasteiger partial charge < -0.3 is 10.4 Å². The highest BCUT2D eigenvalue weighted by Gasteiger charge is 2.19. The van der Waals surface area contributed by atoms with Gasteiger partial charge in [0.1, 0.15) is 6.04 Å². The lowest BCUT2D eigenvalue weighted by atomic mass is 10.1. The molecule has 0 spiro atoms. The van der Waals surface area contributed by atoms with E-state index in [0.717, 1.165) is 0 Å². The number of rotatable bonds is 6. The summed E-state index contributed by atoms with van der Waals surface area (Å²) in [6.45, 7) is 3.47. The number of benzene rings is 1. The zero-order chi connectivity index (χ0) is 15.2. The molecule has 1 atom stereocenters. The van der Waals surface area contributed by atoms with Crippen molar-refractivity contribution in [3.8, 4) is 11.4 Å². The third-order valence-corrected chi connectivity index (χ3v) is 2.76. The molecule has 0 aliphatic heterocycles. The van der Waals surface area contributed by atoms with Crippen molar-refractivity contribution in [2.45, 2.75) is 12.5 Å². The van der Waals surface area contributed by atoms with E-state index in [2.05, 4.69) is 32.5 Å². The number of aromatic nitrogens is 4. The maximum absolute atomic E-state index is 12.0. The van der Waals surface area contributed by atoms with Gasteiger partial charge >= 0.3 is 5.97 Å². The number of H-pyrrole nitrogens is 1. The molecule has 8 heteroatoms. The molecule has 1 amide bonds. The van der Waals surface area contributed by atoms with Crippen LogP contribution in [-0.2, 0) is 4.79 Å². The molecule has 1 aromatic heterocycles. The summed E-state index contributed by atoms with van der Waals surface area (Å²) < 4.78 is 0. The predicted octanol–water partition coefficient (Wildman–Crippen LogP) is 0.626. The summed E-state index contributed by atoms with van der Waals surface area (Å²) in [6.07, 6.45) is 1.60. The normalized spacial score (nSPS) is 11.6. The summed E-state index contributed by atoms with van der Waals surface area (Å²) in [5.41, 5.74) is 1.04. The van der Waals surface area contributed by atoms with Gasteiger partial charge in [-0.25, -0.2) is 4.79 Å². The van der Waals surface area contributed by atoms with E-state index in [1.54, 1.807) is 24.3 Å². The van der Waals surface area contributed by atoms with E-state index in [4.69, 9.17) is 5.11 Å². The number of tetrazole rings is 1. The summed E-state index contributed by atoms with van der Waals surface area (Å²) in [4.78, 5) is 22.9. The van der Waals surface area contributed by atoms with Crippen LogP contribution in [0.1, 0.15) is 16.8 Å². The maximum atomic E-state index is 12.0. The van der Waals surface area contributed by atoms with Gasteiger partial charge in [-0.1, -0.05) is 18.2 Å². The largest absolute Gasteiger partial charge is 0.480 e. The summed E-state index contributed by atoms with van der Waals surface area (Å²) >= 11 is 0. The smallest absolute Gasteiger partial charge is 0.326 e. The number of carboxylic acid groups (broad SMARTS) is 1. The number of aliphatic carboxylic acids is 1. The first kappa shape index (κ1) is 14.4. The zero-order valence-corrected chi connectivity index (χ0v) is 11.0. The Morgan fingerprint density at radius 1 is 1.38 bits per heavy atom. The van der Waals surface area contributed by atoms with Gasteiger partial charge in [0.25, 0.3) is 5.91 Å². The van der Waals surface area contributed by atoms with Crippen molar-refractivity contribution in [3.63, 3.8) is 0 Å². The Morgan fingerprint density at radius 3 is 2.62 bits per heavy atom. The minimum atomic E-state index is -1.10. The molecular weight excluding hydrogens is 274 g/mol. The maximum Gasteiger partial charge on any atom is 0.326 e. The van der Waals surface area contributed by atoms with Crippen molar-refractivity contribution in [1.82, 2.24) is 25.9 Å². The number of carbonyl (C=O) groups excluding carboxylic acids is 1. The molecule has 108 valence electrons. The van der Waals surface area contributed by atoms with Crippen LogP contribution in [0.25, 0.3) is 11.4 Å². The van der Waals surface area contributed by atoms with Crippen LogP contribution in [-0.4, -0.2) is 43.6 Å². The Labute approximate surface area is 119 Å². The second-order valence-electron chi connectivity index (χ2n) is 4.20.